The molecule has 0 bridgehead atoms. The fourth-order valence-corrected chi connectivity index (χ4v) is 1.80. The van der Waals surface area contributed by atoms with E-state index in [2.05, 4.69) is 6.58 Å². The maximum atomic E-state index is 11.7. The van der Waals surface area contributed by atoms with E-state index in [1.165, 1.54) is 9.80 Å². The zero-order valence-corrected chi connectivity index (χ0v) is 13.7. The van der Waals surface area contributed by atoms with E-state index in [1.54, 1.807) is 14.0 Å². The molecule has 0 atom stereocenters. The van der Waals surface area contributed by atoms with Crippen molar-refractivity contribution in [1.29, 1.82) is 0 Å². The zero-order valence-electron chi connectivity index (χ0n) is 13.7. The van der Waals surface area contributed by atoms with Crippen molar-refractivity contribution in [3.05, 3.63) is 12.2 Å². The number of amides is 2. The molecule has 0 radical (unpaired) electrons. The van der Waals surface area contributed by atoms with E-state index >= 15 is 0 Å². The summed E-state index contributed by atoms with van der Waals surface area (Å²) in [5.74, 6) is -1.40. The Kier molecular flexibility index (Phi) is 8.28. The van der Waals surface area contributed by atoms with Gasteiger partial charge in [0.25, 0.3) is 0 Å². The van der Waals surface area contributed by atoms with Gasteiger partial charge in [-0.2, -0.15) is 0 Å². The van der Waals surface area contributed by atoms with Crippen LogP contribution in [0.15, 0.2) is 12.2 Å². The fourth-order valence-electron chi connectivity index (χ4n) is 1.80. The van der Waals surface area contributed by atoms with Gasteiger partial charge < -0.3 is 24.0 Å². The van der Waals surface area contributed by atoms with Crippen LogP contribution in [0.25, 0.3) is 0 Å². The molecular weight excluding hydrogens is 304 g/mol. The van der Waals surface area contributed by atoms with Crippen molar-refractivity contribution in [3.63, 3.8) is 0 Å². The number of hydrogen-bond acceptors (Lipinski definition) is 6. The molecule has 1 fully saturated rings. The lowest BCUT2D eigenvalue weighted by Crippen LogP contribution is -2.53. The quantitative estimate of drug-likeness (QED) is 0.231. The molecule has 0 saturated carbocycles. The molecule has 130 valence electrons. The second-order valence-corrected chi connectivity index (χ2v) is 5.16. The van der Waals surface area contributed by atoms with Gasteiger partial charge in [0, 0.05) is 32.3 Å². The van der Waals surface area contributed by atoms with Gasteiger partial charge in [-0.1, -0.05) is 6.58 Å². The van der Waals surface area contributed by atoms with Crippen molar-refractivity contribution in [3.8, 4) is 0 Å². The molecule has 2 amide bonds. The molecular formula is C15H24N2O6. The van der Waals surface area contributed by atoms with Gasteiger partial charge >= 0.3 is 17.8 Å². The van der Waals surface area contributed by atoms with Crippen LogP contribution in [0.4, 0.5) is 0 Å². The highest BCUT2D eigenvalue weighted by Crippen LogP contribution is 2.02. The Morgan fingerprint density at radius 3 is 2.30 bits per heavy atom. The van der Waals surface area contributed by atoms with Crippen LogP contribution in [0.1, 0.15) is 6.92 Å². The van der Waals surface area contributed by atoms with E-state index in [4.69, 9.17) is 14.2 Å². The lowest BCUT2D eigenvalue weighted by Gasteiger charge is -2.31. The Labute approximate surface area is 135 Å². The minimum Gasteiger partial charge on any atom is -0.460 e. The van der Waals surface area contributed by atoms with Crippen LogP contribution in [-0.2, 0) is 28.6 Å². The minimum atomic E-state index is -0.488. The second kappa shape index (κ2) is 9.96. The van der Waals surface area contributed by atoms with Gasteiger partial charge in [0.1, 0.15) is 6.61 Å². The number of carbonyl (C=O) groups is 3. The number of piperazine rings is 1. The molecule has 1 heterocycles. The highest BCUT2D eigenvalue weighted by Gasteiger charge is 2.29. The van der Waals surface area contributed by atoms with Gasteiger partial charge in [-0.25, -0.2) is 4.79 Å². The van der Waals surface area contributed by atoms with Crippen molar-refractivity contribution in [2.75, 3.05) is 59.7 Å². The van der Waals surface area contributed by atoms with Crippen molar-refractivity contribution < 1.29 is 28.6 Å². The van der Waals surface area contributed by atoms with Crippen LogP contribution in [0, 0.1) is 0 Å². The largest absolute Gasteiger partial charge is 0.460 e. The lowest BCUT2D eigenvalue weighted by atomic mass is 10.3. The third-order valence-electron chi connectivity index (χ3n) is 3.21. The summed E-state index contributed by atoms with van der Waals surface area (Å²) < 4.78 is 15.4. The van der Waals surface area contributed by atoms with Crippen LogP contribution >= 0.6 is 0 Å². The smallest absolute Gasteiger partial charge is 0.333 e. The summed E-state index contributed by atoms with van der Waals surface area (Å²) in [6.45, 7) is 8.02. The summed E-state index contributed by atoms with van der Waals surface area (Å²) in [5.41, 5.74) is 0.352. The zero-order chi connectivity index (χ0) is 17.2. The SMILES string of the molecule is C=C(C)C(=O)OCCOCCOCCN1CCN(C)C(=O)C1=O. The third kappa shape index (κ3) is 6.79. The van der Waals surface area contributed by atoms with E-state index in [0.717, 1.165) is 0 Å². The van der Waals surface area contributed by atoms with Crippen LogP contribution in [0.5, 0.6) is 0 Å². The maximum Gasteiger partial charge on any atom is 0.333 e. The molecule has 8 nitrogen and oxygen atoms in total. The van der Waals surface area contributed by atoms with Crippen LogP contribution in [-0.4, -0.2) is 87.3 Å². The minimum absolute atomic E-state index is 0.170. The van der Waals surface area contributed by atoms with Crippen LogP contribution in [0.3, 0.4) is 0 Å². The molecule has 8 heteroatoms. The summed E-state index contributed by atoms with van der Waals surface area (Å²) in [7, 11) is 1.61. The average molecular weight is 328 g/mol. The van der Waals surface area contributed by atoms with Crippen molar-refractivity contribution in [2.45, 2.75) is 6.92 Å². The van der Waals surface area contributed by atoms with Crippen molar-refractivity contribution >= 4 is 17.8 Å². The normalized spacial score (nSPS) is 15.0. The maximum absolute atomic E-state index is 11.7. The van der Waals surface area contributed by atoms with Gasteiger partial charge in [-0.15, -0.1) is 0 Å². The Morgan fingerprint density at radius 1 is 1.04 bits per heavy atom. The van der Waals surface area contributed by atoms with Gasteiger partial charge in [0.2, 0.25) is 0 Å². The first-order valence-corrected chi connectivity index (χ1v) is 7.46. The Balaban J connectivity index is 1.98. The van der Waals surface area contributed by atoms with Crippen molar-refractivity contribution in [2.24, 2.45) is 0 Å². The van der Waals surface area contributed by atoms with Crippen LogP contribution < -0.4 is 0 Å². The van der Waals surface area contributed by atoms with E-state index in [1.807, 2.05) is 0 Å². The van der Waals surface area contributed by atoms with Crippen molar-refractivity contribution in [1.82, 2.24) is 9.80 Å². The molecule has 1 aliphatic heterocycles. The molecule has 1 saturated heterocycles. The highest BCUT2D eigenvalue weighted by atomic mass is 16.6. The summed E-state index contributed by atoms with van der Waals surface area (Å²) in [5, 5.41) is 0. The molecule has 0 aromatic heterocycles. The topological polar surface area (TPSA) is 85.4 Å². The predicted octanol–water partition coefficient (Wildman–Crippen LogP) is -0.560. The number of hydrogen-bond donors (Lipinski definition) is 0. The molecule has 0 aromatic carbocycles. The van der Waals surface area contributed by atoms with Crippen LogP contribution in [0.2, 0.25) is 0 Å². The predicted molar refractivity (Wildman–Crippen MR) is 81.6 cm³/mol. The van der Waals surface area contributed by atoms with E-state index in [-0.39, 0.29) is 13.2 Å². The first kappa shape index (κ1) is 19.1. The number of likely N-dealkylation sites (N-methyl/N-ethyl adjacent to an activating group) is 1. The van der Waals surface area contributed by atoms with E-state index in [9.17, 15) is 14.4 Å². The van der Waals surface area contributed by atoms with Gasteiger partial charge in [0.15, 0.2) is 0 Å². The molecule has 0 aromatic rings. The summed E-state index contributed by atoms with van der Waals surface area (Å²) >= 11 is 0. The number of ether oxygens (including phenoxy) is 3. The van der Waals surface area contributed by atoms with E-state index < -0.39 is 17.8 Å². The Bertz CT molecular complexity index is 451. The number of rotatable bonds is 10. The van der Waals surface area contributed by atoms with Gasteiger partial charge in [0.05, 0.1) is 26.4 Å². The first-order valence-electron chi connectivity index (χ1n) is 7.46. The number of carbonyl (C=O) groups excluding carboxylic acids is 3. The summed E-state index contributed by atoms with van der Waals surface area (Å²) in [4.78, 5) is 37.2. The van der Waals surface area contributed by atoms with E-state index in [0.29, 0.717) is 45.0 Å². The molecule has 1 rings (SSSR count). The third-order valence-corrected chi connectivity index (χ3v) is 3.21. The Morgan fingerprint density at radius 2 is 1.65 bits per heavy atom. The molecule has 0 spiro atoms. The Hall–Kier alpha value is -1.93. The monoisotopic (exact) mass is 328 g/mol. The highest BCUT2D eigenvalue weighted by molar-refractivity contribution is 6.35. The molecule has 0 unspecified atom stereocenters. The summed E-state index contributed by atoms with van der Waals surface area (Å²) in [6, 6.07) is 0. The number of esters is 1. The standard InChI is InChI=1S/C15H24N2O6/c1-12(2)15(20)23-11-10-22-9-8-21-7-6-17-5-4-16(3)13(18)14(17)19/h1,4-11H2,2-3H3. The molecule has 0 N–H and O–H groups in total. The first-order chi connectivity index (χ1) is 10.9. The number of nitrogens with zero attached hydrogens (tertiary/aromatic N) is 2. The average Bonchev–Trinajstić information content (AvgIpc) is 2.52. The fraction of sp³-hybridized carbons (Fsp3) is 0.667. The molecule has 1 aliphatic rings. The van der Waals surface area contributed by atoms with Gasteiger partial charge in [-0.05, 0) is 6.92 Å². The molecule has 23 heavy (non-hydrogen) atoms. The summed E-state index contributed by atoms with van der Waals surface area (Å²) in [6.07, 6.45) is 0. The van der Waals surface area contributed by atoms with Gasteiger partial charge in [-0.3, -0.25) is 9.59 Å². The molecule has 0 aliphatic carbocycles. The second-order valence-electron chi connectivity index (χ2n) is 5.16. The lowest BCUT2D eigenvalue weighted by molar-refractivity contribution is -0.155.